The Kier molecular flexibility index (Phi) is 2.68. The number of likely N-dealkylation sites (N-methyl/N-ethyl adjacent to an activating group) is 1. The van der Waals surface area contributed by atoms with E-state index < -0.39 is 0 Å². The van der Waals surface area contributed by atoms with Crippen LogP contribution >= 0.6 is 0 Å². The Morgan fingerprint density at radius 3 is 2.93 bits per heavy atom. The molecule has 2 rings (SSSR count). The summed E-state index contributed by atoms with van der Waals surface area (Å²) in [5.74, 6) is 1.52. The van der Waals surface area contributed by atoms with E-state index in [0.717, 1.165) is 18.0 Å². The van der Waals surface area contributed by atoms with Crippen LogP contribution in [0.25, 0.3) is 0 Å². The van der Waals surface area contributed by atoms with E-state index in [0.29, 0.717) is 12.3 Å². The Bertz CT molecular complexity index is 352. The van der Waals surface area contributed by atoms with E-state index in [1.54, 1.807) is 6.07 Å². The van der Waals surface area contributed by atoms with Crippen LogP contribution in [0.15, 0.2) is 18.2 Å². The van der Waals surface area contributed by atoms with Crippen molar-refractivity contribution >= 4 is 5.69 Å². The van der Waals surface area contributed by atoms with Gasteiger partial charge in [-0.25, -0.2) is 0 Å². The van der Waals surface area contributed by atoms with Gasteiger partial charge < -0.3 is 20.1 Å². The van der Waals surface area contributed by atoms with Gasteiger partial charge in [-0.3, -0.25) is 0 Å². The van der Waals surface area contributed by atoms with Crippen molar-refractivity contribution in [2.75, 3.05) is 33.0 Å². The third-order valence-electron chi connectivity index (χ3n) is 2.25. The number of fused-ring (bicyclic) bond motifs is 1. The number of nitrogens with zero attached hydrogens (tertiary/aromatic N) is 1. The highest BCUT2D eigenvalue weighted by atomic mass is 16.6. The summed E-state index contributed by atoms with van der Waals surface area (Å²) in [5.41, 5.74) is 6.35. The minimum atomic E-state index is 0.0936. The van der Waals surface area contributed by atoms with Gasteiger partial charge in [0.1, 0.15) is 12.7 Å². The predicted octanol–water partition coefficient (Wildman–Crippen LogP) is 0.970. The van der Waals surface area contributed by atoms with Gasteiger partial charge in [0.05, 0.1) is 0 Å². The van der Waals surface area contributed by atoms with Crippen LogP contribution < -0.4 is 15.2 Å². The summed E-state index contributed by atoms with van der Waals surface area (Å²) in [6.07, 6.45) is 0.0936. The zero-order valence-corrected chi connectivity index (χ0v) is 9.06. The number of ether oxygens (including phenoxy) is 2. The standard InChI is InChI=1S/C11H16N2O2/c1-13(2)6-9-7-14-11-5-8(12)3-4-10(11)15-9/h3-5,9H,6-7,12H2,1-2H3/t9-/m0/s1. The molecule has 0 amide bonds. The van der Waals surface area contributed by atoms with Gasteiger partial charge in [0.25, 0.3) is 0 Å². The number of nitrogens with two attached hydrogens (primary N) is 1. The highest BCUT2D eigenvalue weighted by molar-refractivity contribution is 5.52. The molecule has 82 valence electrons. The number of nitrogen functional groups attached to an aromatic ring is 1. The van der Waals surface area contributed by atoms with E-state index in [-0.39, 0.29) is 6.10 Å². The number of hydrogen-bond donors (Lipinski definition) is 1. The Morgan fingerprint density at radius 2 is 2.20 bits per heavy atom. The van der Waals surface area contributed by atoms with Gasteiger partial charge >= 0.3 is 0 Å². The topological polar surface area (TPSA) is 47.7 Å². The van der Waals surface area contributed by atoms with Gasteiger partial charge in [0.2, 0.25) is 0 Å². The molecule has 1 heterocycles. The smallest absolute Gasteiger partial charge is 0.163 e. The van der Waals surface area contributed by atoms with Crippen LogP contribution in [0.4, 0.5) is 5.69 Å². The number of rotatable bonds is 2. The van der Waals surface area contributed by atoms with E-state index in [2.05, 4.69) is 4.90 Å². The van der Waals surface area contributed by atoms with Crippen molar-refractivity contribution in [3.05, 3.63) is 18.2 Å². The molecule has 0 spiro atoms. The first-order valence-electron chi connectivity index (χ1n) is 4.99. The summed E-state index contributed by atoms with van der Waals surface area (Å²) in [7, 11) is 4.03. The van der Waals surface area contributed by atoms with Crippen molar-refractivity contribution in [3.63, 3.8) is 0 Å². The molecule has 4 heteroatoms. The molecule has 1 aromatic rings. The number of benzene rings is 1. The normalized spacial score (nSPS) is 19.3. The second-order valence-electron chi connectivity index (χ2n) is 4.02. The van der Waals surface area contributed by atoms with Gasteiger partial charge in [-0.1, -0.05) is 0 Å². The SMILES string of the molecule is CN(C)C[C@H]1COc2cc(N)ccc2O1. The van der Waals surface area contributed by atoms with Crippen molar-refractivity contribution in [2.45, 2.75) is 6.10 Å². The van der Waals surface area contributed by atoms with Crippen molar-refractivity contribution in [3.8, 4) is 11.5 Å². The molecule has 0 saturated heterocycles. The molecule has 2 N–H and O–H groups in total. The van der Waals surface area contributed by atoms with Crippen LogP contribution in [-0.2, 0) is 0 Å². The molecule has 0 radical (unpaired) electrons. The first-order chi connectivity index (χ1) is 7.15. The monoisotopic (exact) mass is 208 g/mol. The van der Waals surface area contributed by atoms with Gasteiger partial charge in [-0.15, -0.1) is 0 Å². The Hall–Kier alpha value is -1.42. The maximum Gasteiger partial charge on any atom is 0.163 e. The molecule has 0 aliphatic carbocycles. The van der Waals surface area contributed by atoms with Crippen LogP contribution in [0.1, 0.15) is 0 Å². The fraction of sp³-hybridized carbons (Fsp3) is 0.455. The Balaban J connectivity index is 2.10. The maximum atomic E-state index is 5.78. The zero-order valence-electron chi connectivity index (χ0n) is 9.06. The fourth-order valence-electron chi connectivity index (χ4n) is 1.63. The summed E-state index contributed by atoms with van der Waals surface area (Å²) >= 11 is 0. The zero-order chi connectivity index (χ0) is 10.8. The molecular weight excluding hydrogens is 192 g/mol. The van der Waals surface area contributed by atoms with Crippen LogP contribution in [0.5, 0.6) is 11.5 Å². The molecule has 1 aliphatic heterocycles. The molecule has 0 aromatic heterocycles. The lowest BCUT2D eigenvalue weighted by Gasteiger charge is -2.28. The molecule has 0 fully saturated rings. The molecule has 0 saturated carbocycles. The van der Waals surface area contributed by atoms with Crippen LogP contribution in [0.3, 0.4) is 0 Å². The predicted molar refractivity (Wildman–Crippen MR) is 59.3 cm³/mol. The average molecular weight is 208 g/mol. The van der Waals surface area contributed by atoms with Crippen molar-refractivity contribution in [2.24, 2.45) is 0 Å². The summed E-state index contributed by atoms with van der Waals surface area (Å²) in [6.45, 7) is 1.43. The lowest BCUT2D eigenvalue weighted by Crippen LogP contribution is -2.37. The first-order valence-corrected chi connectivity index (χ1v) is 4.99. The molecule has 0 unspecified atom stereocenters. The van der Waals surface area contributed by atoms with E-state index in [4.69, 9.17) is 15.2 Å². The quantitative estimate of drug-likeness (QED) is 0.736. The molecule has 1 aliphatic rings. The lowest BCUT2D eigenvalue weighted by molar-refractivity contribution is 0.0711. The lowest BCUT2D eigenvalue weighted by atomic mass is 10.2. The summed E-state index contributed by atoms with van der Waals surface area (Å²) in [5, 5.41) is 0. The van der Waals surface area contributed by atoms with E-state index >= 15 is 0 Å². The van der Waals surface area contributed by atoms with Crippen LogP contribution in [-0.4, -0.2) is 38.3 Å². The molecular formula is C11H16N2O2. The third kappa shape index (κ3) is 2.33. The largest absolute Gasteiger partial charge is 0.486 e. The third-order valence-corrected chi connectivity index (χ3v) is 2.25. The van der Waals surface area contributed by atoms with Gasteiger partial charge in [0, 0.05) is 18.3 Å². The minimum Gasteiger partial charge on any atom is -0.486 e. The van der Waals surface area contributed by atoms with Gasteiger partial charge in [0.15, 0.2) is 11.5 Å². The van der Waals surface area contributed by atoms with Crippen LogP contribution in [0.2, 0.25) is 0 Å². The highest BCUT2D eigenvalue weighted by Crippen LogP contribution is 2.33. The van der Waals surface area contributed by atoms with Crippen molar-refractivity contribution in [1.82, 2.24) is 4.90 Å². The van der Waals surface area contributed by atoms with E-state index in [1.165, 1.54) is 0 Å². The van der Waals surface area contributed by atoms with Crippen molar-refractivity contribution < 1.29 is 9.47 Å². The van der Waals surface area contributed by atoms with Crippen molar-refractivity contribution in [1.29, 1.82) is 0 Å². The molecule has 15 heavy (non-hydrogen) atoms. The molecule has 0 bridgehead atoms. The van der Waals surface area contributed by atoms with Gasteiger partial charge in [-0.2, -0.15) is 0 Å². The summed E-state index contributed by atoms with van der Waals surface area (Å²) in [6, 6.07) is 5.47. The second-order valence-corrected chi connectivity index (χ2v) is 4.02. The van der Waals surface area contributed by atoms with E-state index in [9.17, 15) is 0 Å². The fourth-order valence-corrected chi connectivity index (χ4v) is 1.63. The number of anilines is 1. The average Bonchev–Trinajstić information content (AvgIpc) is 2.17. The molecule has 4 nitrogen and oxygen atoms in total. The summed E-state index contributed by atoms with van der Waals surface area (Å²) < 4.78 is 11.4. The Morgan fingerprint density at radius 1 is 1.40 bits per heavy atom. The highest BCUT2D eigenvalue weighted by Gasteiger charge is 2.21. The Labute approximate surface area is 89.6 Å². The minimum absolute atomic E-state index is 0.0936. The van der Waals surface area contributed by atoms with Gasteiger partial charge in [-0.05, 0) is 26.2 Å². The number of hydrogen-bond acceptors (Lipinski definition) is 4. The second kappa shape index (κ2) is 3.98. The van der Waals surface area contributed by atoms with E-state index in [1.807, 2.05) is 26.2 Å². The van der Waals surface area contributed by atoms with Crippen LogP contribution in [0, 0.1) is 0 Å². The maximum absolute atomic E-state index is 5.78. The molecule has 1 aromatic carbocycles. The first kappa shape index (κ1) is 10.1. The molecule has 1 atom stereocenters. The summed E-state index contributed by atoms with van der Waals surface area (Å²) in [4.78, 5) is 2.08.